The van der Waals surface area contributed by atoms with E-state index < -0.39 is 24.2 Å². The standard InChI is InChI=1S/C30H51N3O6/c1-32(2)29(36)21-12-20-8-10-33(16-24(20)25(13-21)31-22-9-11-38-18-22)30(37)28-26(35)14-23(34)15-27(28)39-17-19-6-4-3-5-7-19/h19-28,31,34-35H,3-18H2,1-2H3/t20?,21?,22-,23?,24?,25?,26?,27?,28?/m1/s1. The second-order valence-corrected chi connectivity index (χ2v) is 13.3. The molecule has 8 unspecified atom stereocenters. The molecule has 3 aliphatic carbocycles. The highest BCUT2D eigenvalue weighted by Gasteiger charge is 2.48. The zero-order chi connectivity index (χ0) is 27.5. The molecular weight excluding hydrogens is 498 g/mol. The first kappa shape index (κ1) is 29.2. The highest BCUT2D eigenvalue weighted by atomic mass is 16.5. The number of rotatable bonds is 7. The van der Waals surface area contributed by atoms with Gasteiger partial charge in [-0.05, 0) is 56.3 Å². The molecule has 0 spiro atoms. The van der Waals surface area contributed by atoms with Gasteiger partial charge in [0, 0.05) is 71.2 Å². The van der Waals surface area contributed by atoms with Crippen molar-refractivity contribution in [2.24, 2.45) is 29.6 Å². The Morgan fingerprint density at radius 3 is 2.54 bits per heavy atom. The maximum absolute atomic E-state index is 14.0. The second-order valence-electron chi connectivity index (χ2n) is 13.3. The Balaban J connectivity index is 1.27. The summed E-state index contributed by atoms with van der Waals surface area (Å²) in [6.07, 6.45) is 8.18. The van der Waals surface area contributed by atoms with Gasteiger partial charge in [0.1, 0.15) is 0 Å². The van der Waals surface area contributed by atoms with Gasteiger partial charge in [0.2, 0.25) is 11.8 Å². The normalized spacial score (nSPS) is 39.8. The molecule has 0 aromatic carbocycles. The Morgan fingerprint density at radius 2 is 1.82 bits per heavy atom. The van der Waals surface area contributed by atoms with Crippen LogP contribution in [0.4, 0.5) is 0 Å². The first-order valence-electron chi connectivity index (χ1n) is 15.6. The molecule has 0 aromatic rings. The number of nitrogens with zero attached hydrogens (tertiary/aromatic N) is 2. The summed E-state index contributed by atoms with van der Waals surface area (Å²) in [6, 6.07) is 0.436. The molecule has 9 heteroatoms. The number of likely N-dealkylation sites (tertiary alicyclic amines) is 1. The number of nitrogens with one attached hydrogen (secondary N) is 1. The molecule has 5 aliphatic rings. The van der Waals surface area contributed by atoms with E-state index in [1.165, 1.54) is 19.3 Å². The van der Waals surface area contributed by atoms with Gasteiger partial charge in [0.25, 0.3) is 0 Å². The molecule has 0 radical (unpaired) electrons. The summed E-state index contributed by atoms with van der Waals surface area (Å²) >= 11 is 0. The zero-order valence-electron chi connectivity index (χ0n) is 24.0. The summed E-state index contributed by atoms with van der Waals surface area (Å²) in [5.74, 6) is 0.694. The van der Waals surface area contributed by atoms with Gasteiger partial charge < -0.3 is 34.8 Å². The van der Waals surface area contributed by atoms with Crippen molar-refractivity contribution in [3.05, 3.63) is 0 Å². The van der Waals surface area contributed by atoms with Crippen molar-refractivity contribution in [3.63, 3.8) is 0 Å². The minimum atomic E-state index is -0.895. The van der Waals surface area contributed by atoms with Gasteiger partial charge in [0.15, 0.2) is 0 Å². The van der Waals surface area contributed by atoms with E-state index in [2.05, 4.69) is 5.32 Å². The third-order valence-electron chi connectivity index (χ3n) is 10.3. The quantitative estimate of drug-likeness (QED) is 0.444. The van der Waals surface area contributed by atoms with Crippen LogP contribution in [-0.2, 0) is 19.1 Å². The summed E-state index contributed by atoms with van der Waals surface area (Å²) in [5, 5.41) is 25.2. The second kappa shape index (κ2) is 13.1. The molecule has 3 N–H and O–H groups in total. The lowest BCUT2D eigenvalue weighted by molar-refractivity contribution is -0.163. The van der Waals surface area contributed by atoms with Crippen molar-refractivity contribution in [1.82, 2.24) is 15.1 Å². The summed E-state index contributed by atoms with van der Waals surface area (Å²) in [5.41, 5.74) is 0. The molecule has 2 amide bonds. The van der Waals surface area contributed by atoms with Crippen molar-refractivity contribution in [1.29, 1.82) is 0 Å². The number of ether oxygens (including phenoxy) is 2. The zero-order valence-corrected chi connectivity index (χ0v) is 24.0. The van der Waals surface area contributed by atoms with Crippen molar-refractivity contribution in [2.45, 2.75) is 101 Å². The van der Waals surface area contributed by atoms with Crippen LogP contribution >= 0.6 is 0 Å². The first-order valence-corrected chi connectivity index (χ1v) is 15.6. The molecule has 5 rings (SSSR count). The maximum Gasteiger partial charge on any atom is 0.230 e. The Labute approximate surface area is 234 Å². The molecule has 2 saturated heterocycles. The molecular formula is C30H51N3O6. The Morgan fingerprint density at radius 1 is 1.03 bits per heavy atom. The predicted octanol–water partition coefficient (Wildman–Crippen LogP) is 1.79. The number of amides is 2. The average Bonchev–Trinajstić information content (AvgIpc) is 3.44. The van der Waals surface area contributed by atoms with Crippen LogP contribution < -0.4 is 5.32 Å². The van der Waals surface area contributed by atoms with Crippen LogP contribution in [0.3, 0.4) is 0 Å². The lowest BCUT2D eigenvalue weighted by atomic mass is 9.67. The van der Waals surface area contributed by atoms with Crippen molar-refractivity contribution >= 4 is 11.8 Å². The number of aliphatic hydroxyl groups is 2. The van der Waals surface area contributed by atoms with E-state index >= 15 is 0 Å². The number of fused-ring (bicyclic) bond motifs is 1. The van der Waals surface area contributed by atoms with Crippen LogP contribution in [0.15, 0.2) is 0 Å². The molecule has 9 atom stereocenters. The summed E-state index contributed by atoms with van der Waals surface area (Å²) in [6.45, 7) is 3.34. The van der Waals surface area contributed by atoms with Gasteiger partial charge in [-0.25, -0.2) is 0 Å². The molecule has 9 nitrogen and oxygen atoms in total. The third-order valence-corrected chi connectivity index (χ3v) is 10.3. The van der Waals surface area contributed by atoms with Gasteiger partial charge in [0.05, 0.1) is 30.8 Å². The Kier molecular flexibility index (Phi) is 9.86. The summed E-state index contributed by atoms with van der Waals surface area (Å²) < 4.78 is 12.0. The fourth-order valence-corrected chi connectivity index (χ4v) is 8.15. The predicted molar refractivity (Wildman–Crippen MR) is 147 cm³/mol. The fourth-order valence-electron chi connectivity index (χ4n) is 8.15. The van der Waals surface area contributed by atoms with Gasteiger partial charge in [-0.1, -0.05) is 19.3 Å². The molecule has 39 heavy (non-hydrogen) atoms. The largest absolute Gasteiger partial charge is 0.393 e. The topological polar surface area (TPSA) is 112 Å². The number of hydrogen-bond donors (Lipinski definition) is 3. The van der Waals surface area contributed by atoms with E-state index in [0.29, 0.717) is 44.6 Å². The highest BCUT2D eigenvalue weighted by molar-refractivity contribution is 5.80. The molecule has 222 valence electrons. The maximum atomic E-state index is 14.0. The van der Waals surface area contributed by atoms with E-state index in [0.717, 1.165) is 45.1 Å². The van der Waals surface area contributed by atoms with E-state index in [1.807, 2.05) is 19.0 Å². The highest BCUT2D eigenvalue weighted by Crippen LogP contribution is 2.41. The summed E-state index contributed by atoms with van der Waals surface area (Å²) in [7, 11) is 3.67. The number of carbonyl (C=O) groups is 2. The number of piperidine rings is 1. The first-order chi connectivity index (χ1) is 18.8. The van der Waals surface area contributed by atoms with Gasteiger partial charge in [-0.15, -0.1) is 0 Å². The van der Waals surface area contributed by atoms with E-state index in [4.69, 9.17) is 9.47 Å². The minimum absolute atomic E-state index is 0.00236. The van der Waals surface area contributed by atoms with Crippen LogP contribution in [0, 0.1) is 29.6 Å². The number of hydrogen-bond acceptors (Lipinski definition) is 7. The van der Waals surface area contributed by atoms with Gasteiger partial charge in [-0.3, -0.25) is 9.59 Å². The monoisotopic (exact) mass is 549 g/mol. The smallest absolute Gasteiger partial charge is 0.230 e. The van der Waals surface area contributed by atoms with Crippen LogP contribution in [0.1, 0.15) is 70.6 Å². The molecule has 2 heterocycles. The van der Waals surface area contributed by atoms with Crippen molar-refractivity contribution in [3.8, 4) is 0 Å². The van der Waals surface area contributed by atoms with Crippen molar-refractivity contribution < 1.29 is 29.3 Å². The number of carbonyl (C=O) groups excluding carboxylic acids is 2. The lowest BCUT2D eigenvalue weighted by Gasteiger charge is -2.49. The SMILES string of the molecule is CN(C)C(=O)C1CC2CCN(C(=O)C3C(O)CC(O)CC3OCC3CCCCC3)CC2C(N[C@@H]2CCOC2)C1. The Bertz CT molecular complexity index is 830. The Hall–Kier alpha value is -1.26. The minimum Gasteiger partial charge on any atom is -0.393 e. The van der Waals surface area contributed by atoms with E-state index in [9.17, 15) is 19.8 Å². The van der Waals surface area contributed by atoms with Crippen LogP contribution in [0.5, 0.6) is 0 Å². The molecule has 5 fully saturated rings. The van der Waals surface area contributed by atoms with E-state index in [-0.39, 0.29) is 42.2 Å². The fraction of sp³-hybridized carbons (Fsp3) is 0.933. The number of aliphatic hydroxyl groups excluding tert-OH is 2. The molecule has 3 saturated carbocycles. The molecule has 2 aliphatic heterocycles. The summed E-state index contributed by atoms with van der Waals surface area (Å²) in [4.78, 5) is 30.6. The third kappa shape index (κ3) is 6.97. The van der Waals surface area contributed by atoms with Crippen molar-refractivity contribution in [2.75, 3.05) is 47.0 Å². The van der Waals surface area contributed by atoms with Gasteiger partial charge in [-0.2, -0.15) is 0 Å². The molecule has 0 aromatic heterocycles. The van der Waals surface area contributed by atoms with Crippen LogP contribution in [0.2, 0.25) is 0 Å². The average molecular weight is 550 g/mol. The van der Waals surface area contributed by atoms with Crippen LogP contribution in [0.25, 0.3) is 0 Å². The van der Waals surface area contributed by atoms with Crippen LogP contribution in [-0.4, -0.2) is 109 Å². The molecule has 0 bridgehead atoms. The lowest BCUT2D eigenvalue weighted by Crippen LogP contribution is -2.60. The van der Waals surface area contributed by atoms with E-state index in [1.54, 1.807) is 4.90 Å². The van der Waals surface area contributed by atoms with Gasteiger partial charge >= 0.3 is 0 Å².